The summed E-state index contributed by atoms with van der Waals surface area (Å²) in [5.74, 6) is 0.705. The van der Waals surface area contributed by atoms with Crippen LogP contribution in [0.2, 0.25) is 11.1 Å². The second-order valence-corrected chi connectivity index (χ2v) is 12.7. The van der Waals surface area contributed by atoms with Crippen LogP contribution >= 0.6 is 22.2 Å². The van der Waals surface area contributed by atoms with Crippen LogP contribution in [0.4, 0.5) is 0 Å². The fourth-order valence-electron chi connectivity index (χ4n) is 0.845. The van der Waals surface area contributed by atoms with Gasteiger partial charge in [-0.2, -0.15) is 0 Å². The van der Waals surface area contributed by atoms with Crippen LogP contribution in [0.15, 0.2) is 0 Å². The SMILES string of the molecule is CC(C)CC[Si](Cl)(Cl)C(C)(C)C. The normalized spacial score (nSPS) is 14.0. The Labute approximate surface area is 87.1 Å². The molecule has 0 aliphatic carbocycles. The summed E-state index contributed by atoms with van der Waals surface area (Å²) in [5.41, 5.74) is 0. The predicted octanol–water partition coefficient (Wildman–Crippen LogP) is 4.75. The van der Waals surface area contributed by atoms with Gasteiger partial charge in [-0.25, -0.2) is 0 Å². The number of rotatable bonds is 3. The Morgan fingerprint density at radius 1 is 1.17 bits per heavy atom. The molecule has 0 saturated heterocycles. The van der Waals surface area contributed by atoms with E-state index in [1.807, 2.05) is 0 Å². The summed E-state index contributed by atoms with van der Waals surface area (Å²) in [6, 6.07) is 1.01. The maximum Gasteiger partial charge on any atom is 0.256 e. The second kappa shape index (κ2) is 4.34. The highest BCUT2D eigenvalue weighted by Crippen LogP contribution is 2.45. The molecule has 0 aliphatic heterocycles. The maximum atomic E-state index is 6.36. The third kappa shape index (κ3) is 4.15. The molecule has 3 heteroatoms. The van der Waals surface area contributed by atoms with Crippen molar-refractivity contribution in [2.45, 2.75) is 52.1 Å². The van der Waals surface area contributed by atoms with Crippen molar-refractivity contribution in [1.82, 2.24) is 0 Å². The molecule has 0 unspecified atom stereocenters. The summed E-state index contributed by atoms with van der Waals surface area (Å²) in [4.78, 5) is 0. The van der Waals surface area contributed by atoms with Crippen molar-refractivity contribution >= 4 is 28.9 Å². The fraction of sp³-hybridized carbons (Fsp3) is 1.00. The van der Waals surface area contributed by atoms with E-state index in [1.54, 1.807) is 0 Å². The first-order valence-corrected chi connectivity index (χ1v) is 8.78. The van der Waals surface area contributed by atoms with Crippen molar-refractivity contribution in [2.24, 2.45) is 5.92 Å². The largest absolute Gasteiger partial charge is 0.256 e. The summed E-state index contributed by atoms with van der Waals surface area (Å²) in [7, 11) is 0. The first kappa shape index (κ1) is 12.8. The molecule has 0 aromatic rings. The van der Waals surface area contributed by atoms with Crippen LogP contribution in [-0.4, -0.2) is 6.69 Å². The molecule has 0 nitrogen and oxygen atoms in total. The number of hydrogen-bond acceptors (Lipinski definition) is 0. The van der Waals surface area contributed by atoms with Crippen LogP contribution in [0.25, 0.3) is 0 Å². The summed E-state index contributed by atoms with van der Waals surface area (Å²) in [5, 5.41) is 0.102. The van der Waals surface area contributed by atoms with Gasteiger partial charge in [-0.1, -0.05) is 41.0 Å². The van der Waals surface area contributed by atoms with Crippen LogP contribution < -0.4 is 0 Å². The van der Waals surface area contributed by atoms with Crippen molar-refractivity contribution < 1.29 is 0 Å². The lowest BCUT2D eigenvalue weighted by molar-refractivity contribution is 0.613. The van der Waals surface area contributed by atoms with Gasteiger partial charge >= 0.3 is 0 Å². The average molecular weight is 227 g/mol. The Hall–Kier alpha value is 0.797. The van der Waals surface area contributed by atoms with Crippen molar-refractivity contribution in [2.75, 3.05) is 0 Å². The maximum absolute atomic E-state index is 6.36. The van der Waals surface area contributed by atoms with E-state index in [2.05, 4.69) is 34.6 Å². The minimum Gasteiger partial charge on any atom is -0.145 e. The van der Waals surface area contributed by atoms with Crippen LogP contribution in [0.3, 0.4) is 0 Å². The molecule has 0 heterocycles. The summed E-state index contributed by atoms with van der Waals surface area (Å²) < 4.78 is 0. The van der Waals surface area contributed by atoms with Crippen LogP contribution in [-0.2, 0) is 0 Å². The zero-order valence-electron chi connectivity index (χ0n) is 8.75. The highest BCUT2D eigenvalue weighted by Gasteiger charge is 2.41. The van der Waals surface area contributed by atoms with Gasteiger partial charge in [-0.05, 0) is 17.0 Å². The molecule has 0 saturated carbocycles. The Morgan fingerprint density at radius 2 is 1.58 bits per heavy atom. The molecule has 0 fully saturated rings. The van der Waals surface area contributed by atoms with E-state index in [0.717, 1.165) is 12.5 Å². The van der Waals surface area contributed by atoms with Crippen molar-refractivity contribution in [1.29, 1.82) is 0 Å². The highest BCUT2D eigenvalue weighted by molar-refractivity contribution is 7.46. The lowest BCUT2D eigenvalue weighted by Gasteiger charge is -2.31. The van der Waals surface area contributed by atoms with Gasteiger partial charge in [0.15, 0.2) is 0 Å². The molecule has 0 radical (unpaired) electrons. The third-order valence-corrected chi connectivity index (χ3v) is 9.78. The van der Waals surface area contributed by atoms with Gasteiger partial charge in [0.2, 0.25) is 0 Å². The molecular formula is C9H20Cl2Si. The Kier molecular flexibility index (Phi) is 4.63. The topological polar surface area (TPSA) is 0 Å². The van der Waals surface area contributed by atoms with Gasteiger partial charge in [0.05, 0.1) is 0 Å². The van der Waals surface area contributed by atoms with Crippen LogP contribution in [0, 0.1) is 5.92 Å². The van der Waals surface area contributed by atoms with Gasteiger partial charge in [-0.15, -0.1) is 22.2 Å². The number of hydrogen-bond donors (Lipinski definition) is 0. The zero-order valence-corrected chi connectivity index (χ0v) is 11.3. The molecule has 0 spiro atoms. The average Bonchev–Trinajstić information content (AvgIpc) is 1.81. The predicted molar refractivity (Wildman–Crippen MR) is 61.4 cm³/mol. The fourth-order valence-corrected chi connectivity index (χ4v) is 3.19. The lowest BCUT2D eigenvalue weighted by Crippen LogP contribution is -2.31. The van der Waals surface area contributed by atoms with E-state index in [-0.39, 0.29) is 5.04 Å². The second-order valence-electron chi connectivity index (χ2n) is 4.89. The van der Waals surface area contributed by atoms with Crippen LogP contribution in [0.5, 0.6) is 0 Å². The van der Waals surface area contributed by atoms with Crippen molar-refractivity contribution in [3.05, 3.63) is 0 Å². The van der Waals surface area contributed by atoms with Crippen molar-refractivity contribution in [3.63, 3.8) is 0 Å². The molecule has 74 valence electrons. The molecule has 0 bridgehead atoms. The Bertz CT molecular complexity index is 136. The summed E-state index contributed by atoms with van der Waals surface area (Å²) in [6.45, 7) is 8.81. The minimum atomic E-state index is -2.02. The summed E-state index contributed by atoms with van der Waals surface area (Å²) >= 11 is 12.7. The zero-order chi connectivity index (χ0) is 9.99. The molecule has 0 rings (SSSR count). The lowest BCUT2D eigenvalue weighted by atomic mass is 10.2. The molecule has 0 aromatic heterocycles. The van der Waals surface area contributed by atoms with Gasteiger partial charge in [-0.3, -0.25) is 0 Å². The molecule has 0 amide bonds. The first-order chi connectivity index (χ1) is 5.17. The van der Waals surface area contributed by atoms with E-state index < -0.39 is 6.69 Å². The number of halogens is 2. The van der Waals surface area contributed by atoms with E-state index in [4.69, 9.17) is 22.2 Å². The molecule has 12 heavy (non-hydrogen) atoms. The molecule has 0 aliphatic rings. The quantitative estimate of drug-likeness (QED) is 0.482. The first-order valence-electron chi connectivity index (χ1n) is 4.54. The molecular weight excluding hydrogens is 207 g/mol. The highest BCUT2D eigenvalue weighted by atomic mass is 35.7. The van der Waals surface area contributed by atoms with Gasteiger partial charge in [0.1, 0.15) is 0 Å². The van der Waals surface area contributed by atoms with Gasteiger partial charge < -0.3 is 0 Å². The Balaban J connectivity index is 4.05. The van der Waals surface area contributed by atoms with Gasteiger partial charge in [0.25, 0.3) is 6.69 Å². The molecule has 0 N–H and O–H groups in total. The van der Waals surface area contributed by atoms with E-state index >= 15 is 0 Å². The summed E-state index contributed by atoms with van der Waals surface area (Å²) in [6.07, 6.45) is 1.15. The van der Waals surface area contributed by atoms with Crippen molar-refractivity contribution in [3.8, 4) is 0 Å². The van der Waals surface area contributed by atoms with E-state index in [9.17, 15) is 0 Å². The standard InChI is InChI=1S/C9H20Cl2Si/c1-8(2)6-7-12(10,11)9(3,4)5/h8H,6-7H2,1-5H3. The monoisotopic (exact) mass is 226 g/mol. The molecule has 0 atom stereocenters. The van der Waals surface area contributed by atoms with E-state index in [0.29, 0.717) is 5.92 Å². The smallest absolute Gasteiger partial charge is 0.145 e. The van der Waals surface area contributed by atoms with Crippen LogP contribution in [0.1, 0.15) is 41.0 Å². The Morgan fingerprint density at radius 3 is 1.83 bits per heavy atom. The van der Waals surface area contributed by atoms with E-state index in [1.165, 1.54) is 0 Å². The minimum absolute atomic E-state index is 0.102. The third-order valence-electron chi connectivity index (χ3n) is 2.13. The molecule has 0 aromatic carbocycles. The van der Waals surface area contributed by atoms with Gasteiger partial charge in [0, 0.05) is 0 Å².